The highest BCUT2D eigenvalue weighted by Crippen LogP contribution is 2.20. The zero-order valence-electron chi connectivity index (χ0n) is 16.9. The summed E-state index contributed by atoms with van der Waals surface area (Å²) in [5.74, 6) is -2.52. The molecule has 7 nitrogen and oxygen atoms in total. The number of anilines is 2. The highest BCUT2D eigenvalue weighted by atomic mass is 32.1. The molecule has 3 rings (SSSR count). The molecule has 0 bridgehead atoms. The van der Waals surface area contributed by atoms with Gasteiger partial charge in [-0.2, -0.15) is 13.2 Å². The summed E-state index contributed by atoms with van der Waals surface area (Å²) in [6, 6.07) is 15.4. The number of amides is 3. The van der Waals surface area contributed by atoms with Gasteiger partial charge >= 0.3 is 18.2 Å². The standard InChI is InChI=1S/C22H18F3N3O4S/c23-22(24,25)20(30)28-17-9-7-16(8-10-17)27-19(29)15-5-3-14(4-6-15)13-32-21(31)26-12-18-2-1-11-33-18/h1-11H,12-13H2,(H,26,31)(H,27,29)(H,28,30). The lowest BCUT2D eigenvalue weighted by Crippen LogP contribution is -2.29. The Kier molecular flexibility index (Phi) is 7.67. The molecule has 0 aliphatic heterocycles. The maximum atomic E-state index is 12.4. The number of ether oxygens (including phenoxy) is 1. The number of thiophene rings is 1. The van der Waals surface area contributed by atoms with E-state index < -0.39 is 24.1 Å². The number of carbonyl (C=O) groups is 3. The largest absolute Gasteiger partial charge is 0.471 e. The van der Waals surface area contributed by atoms with Crippen molar-refractivity contribution >= 4 is 40.6 Å². The summed E-state index contributed by atoms with van der Waals surface area (Å²) < 4.78 is 42.0. The summed E-state index contributed by atoms with van der Waals surface area (Å²) in [6.45, 7) is 0.411. The maximum Gasteiger partial charge on any atom is 0.471 e. The quantitative estimate of drug-likeness (QED) is 0.450. The molecular formula is C22H18F3N3O4S. The molecule has 0 radical (unpaired) electrons. The Balaban J connectivity index is 1.46. The van der Waals surface area contributed by atoms with Crippen molar-refractivity contribution in [1.82, 2.24) is 5.32 Å². The summed E-state index contributed by atoms with van der Waals surface area (Å²) in [7, 11) is 0. The van der Waals surface area contributed by atoms with Gasteiger partial charge in [0.05, 0.1) is 6.54 Å². The number of alkyl carbamates (subject to hydrolysis) is 1. The molecule has 3 aromatic rings. The molecule has 0 aliphatic rings. The van der Waals surface area contributed by atoms with E-state index in [0.717, 1.165) is 4.88 Å². The molecule has 0 fully saturated rings. The third-order valence-corrected chi connectivity index (χ3v) is 5.11. The van der Waals surface area contributed by atoms with Crippen LogP contribution in [-0.4, -0.2) is 24.1 Å². The SMILES string of the molecule is O=C(NCc1cccs1)OCc1ccc(C(=O)Nc2ccc(NC(=O)C(F)(F)F)cc2)cc1. The van der Waals surface area contributed by atoms with E-state index in [1.807, 2.05) is 17.5 Å². The van der Waals surface area contributed by atoms with E-state index in [1.54, 1.807) is 29.6 Å². The van der Waals surface area contributed by atoms with Crippen LogP contribution in [-0.2, 0) is 22.7 Å². The van der Waals surface area contributed by atoms with Crippen molar-refractivity contribution in [1.29, 1.82) is 0 Å². The van der Waals surface area contributed by atoms with E-state index in [2.05, 4.69) is 10.6 Å². The minimum Gasteiger partial charge on any atom is -0.445 e. The molecule has 11 heteroatoms. The molecule has 0 saturated carbocycles. The fraction of sp³-hybridized carbons (Fsp3) is 0.136. The molecule has 172 valence electrons. The number of rotatable bonds is 7. The molecule has 0 atom stereocenters. The van der Waals surface area contributed by atoms with Crippen LogP contribution in [0.15, 0.2) is 66.0 Å². The van der Waals surface area contributed by atoms with Crippen LogP contribution < -0.4 is 16.0 Å². The average molecular weight is 477 g/mol. The van der Waals surface area contributed by atoms with E-state index in [0.29, 0.717) is 23.4 Å². The van der Waals surface area contributed by atoms with Crippen LogP contribution in [0.1, 0.15) is 20.8 Å². The van der Waals surface area contributed by atoms with Crippen molar-refractivity contribution in [2.45, 2.75) is 19.3 Å². The molecule has 3 amide bonds. The Morgan fingerprint density at radius 3 is 2.09 bits per heavy atom. The minimum absolute atomic E-state index is 0.0310. The smallest absolute Gasteiger partial charge is 0.445 e. The van der Waals surface area contributed by atoms with Crippen LogP contribution in [0.25, 0.3) is 0 Å². The number of halogens is 3. The summed E-state index contributed by atoms with van der Waals surface area (Å²) in [4.78, 5) is 36.1. The molecule has 0 spiro atoms. The Hall–Kier alpha value is -3.86. The first-order valence-electron chi connectivity index (χ1n) is 9.52. The summed E-state index contributed by atoms with van der Waals surface area (Å²) in [6.07, 6.45) is -5.54. The zero-order chi connectivity index (χ0) is 23.8. The lowest BCUT2D eigenvalue weighted by atomic mass is 10.1. The number of carbonyl (C=O) groups excluding carboxylic acids is 3. The molecular weight excluding hydrogens is 459 g/mol. The molecule has 0 aliphatic carbocycles. The molecule has 3 N–H and O–H groups in total. The van der Waals surface area contributed by atoms with Crippen LogP contribution in [0, 0.1) is 0 Å². The molecule has 33 heavy (non-hydrogen) atoms. The second kappa shape index (κ2) is 10.6. The topological polar surface area (TPSA) is 96.5 Å². The average Bonchev–Trinajstić information content (AvgIpc) is 3.31. The first-order valence-corrected chi connectivity index (χ1v) is 10.4. The van der Waals surface area contributed by atoms with Gasteiger partial charge in [-0.3, -0.25) is 9.59 Å². The molecule has 1 aromatic heterocycles. The van der Waals surface area contributed by atoms with Gasteiger partial charge in [0, 0.05) is 21.8 Å². The van der Waals surface area contributed by atoms with Gasteiger partial charge in [-0.15, -0.1) is 11.3 Å². The number of alkyl halides is 3. The normalized spacial score (nSPS) is 10.9. The van der Waals surface area contributed by atoms with Gasteiger partial charge in [0.15, 0.2) is 0 Å². The van der Waals surface area contributed by atoms with E-state index in [4.69, 9.17) is 4.74 Å². The van der Waals surface area contributed by atoms with Crippen LogP contribution >= 0.6 is 11.3 Å². The Bertz CT molecular complexity index is 1100. The van der Waals surface area contributed by atoms with E-state index in [-0.39, 0.29) is 12.3 Å². The van der Waals surface area contributed by atoms with Crippen molar-refractivity contribution in [3.63, 3.8) is 0 Å². The second-order valence-corrected chi connectivity index (χ2v) is 7.72. The van der Waals surface area contributed by atoms with Crippen molar-refractivity contribution in [3.05, 3.63) is 82.0 Å². The Morgan fingerprint density at radius 1 is 0.879 bits per heavy atom. The fourth-order valence-corrected chi connectivity index (χ4v) is 3.21. The van der Waals surface area contributed by atoms with Gasteiger partial charge in [-0.05, 0) is 53.4 Å². The first kappa shape index (κ1) is 23.8. The number of nitrogens with one attached hydrogen (secondary N) is 3. The summed E-state index contributed by atoms with van der Waals surface area (Å²) in [5.41, 5.74) is 1.29. The molecule has 0 saturated heterocycles. The van der Waals surface area contributed by atoms with Gasteiger partial charge in [-0.1, -0.05) is 18.2 Å². The lowest BCUT2D eigenvalue weighted by Gasteiger charge is -2.10. The van der Waals surface area contributed by atoms with Crippen LogP contribution in [0.2, 0.25) is 0 Å². The van der Waals surface area contributed by atoms with Gasteiger partial charge in [0.25, 0.3) is 5.91 Å². The third kappa shape index (κ3) is 7.35. The maximum absolute atomic E-state index is 12.4. The Morgan fingerprint density at radius 2 is 1.52 bits per heavy atom. The van der Waals surface area contributed by atoms with Gasteiger partial charge in [0.1, 0.15) is 6.61 Å². The number of hydrogen-bond donors (Lipinski definition) is 3. The van der Waals surface area contributed by atoms with E-state index >= 15 is 0 Å². The first-order chi connectivity index (χ1) is 15.7. The predicted octanol–water partition coefficient (Wildman–Crippen LogP) is 4.93. The summed E-state index contributed by atoms with van der Waals surface area (Å²) in [5, 5.41) is 8.87. The van der Waals surface area contributed by atoms with Gasteiger partial charge in [0.2, 0.25) is 0 Å². The predicted molar refractivity (Wildman–Crippen MR) is 117 cm³/mol. The monoisotopic (exact) mass is 477 g/mol. The third-order valence-electron chi connectivity index (χ3n) is 4.23. The number of benzene rings is 2. The second-order valence-electron chi connectivity index (χ2n) is 6.69. The molecule has 1 heterocycles. The van der Waals surface area contributed by atoms with Crippen molar-refractivity contribution in [2.75, 3.05) is 10.6 Å². The van der Waals surface area contributed by atoms with Crippen molar-refractivity contribution in [2.24, 2.45) is 0 Å². The lowest BCUT2D eigenvalue weighted by molar-refractivity contribution is -0.167. The van der Waals surface area contributed by atoms with E-state index in [1.165, 1.54) is 35.6 Å². The van der Waals surface area contributed by atoms with E-state index in [9.17, 15) is 27.6 Å². The Labute approximate surface area is 190 Å². The van der Waals surface area contributed by atoms with Crippen molar-refractivity contribution < 1.29 is 32.3 Å². The zero-order valence-corrected chi connectivity index (χ0v) is 17.8. The van der Waals surface area contributed by atoms with Gasteiger partial charge < -0.3 is 20.7 Å². The molecule has 0 unspecified atom stereocenters. The van der Waals surface area contributed by atoms with Crippen LogP contribution in [0.4, 0.5) is 29.3 Å². The molecule has 2 aromatic carbocycles. The highest BCUT2D eigenvalue weighted by Gasteiger charge is 2.38. The van der Waals surface area contributed by atoms with Gasteiger partial charge in [-0.25, -0.2) is 4.79 Å². The summed E-state index contributed by atoms with van der Waals surface area (Å²) >= 11 is 1.52. The van der Waals surface area contributed by atoms with Crippen LogP contribution in [0.3, 0.4) is 0 Å². The minimum atomic E-state index is -4.99. The fourth-order valence-electron chi connectivity index (χ4n) is 2.57. The highest BCUT2D eigenvalue weighted by molar-refractivity contribution is 7.09. The van der Waals surface area contributed by atoms with Crippen LogP contribution in [0.5, 0.6) is 0 Å². The van der Waals surface area contributed by atoms with Crippen molar-refractivity contribution in [3.8, 4) is 0 Å². The number of hydrogen-bond acceptors (Lipinski definition) is 5.